The molecule has 1 amide bonds. The van der Waals surface area contributed by atoms with Crippen molar-refractivity contribution in [3.05, 3.63) is 59.3 Å². The molecule has 26 heavy (non-hydrogen) atoms. The summed E-state index contributed by atoms with van der Waals surface area (Å²) in [6.45, 7) is 6.02. The second kappa shape index (κ2) is 7.77. The standard InChI is InChI=1S/C21H28N4O/c1-5-6-17(11-18(22-4)16-8-9-16)23-21(26)15(3)19-13-25-12-14(2)7-10-20(25)24-19/h6-7,10-13,15-16,22H,5,8-9H2,1-4H3,(H,23,26)/b17-6-,18-11-. The topological polar surface area (TPSA) is 58.4 Å². The molecule has 0 aromatic carbocycles. The van der Waals surface area contributed by atoms with Crippen LogP contribution < -0.4 is 10.6 Å². The summed E-state index contributed by atoms with van der Waals surface area (Å²) in [6, 6.07) is 4.00. The normalized spacial score (nSPS) is 16.6. The Morgan fingerprint density at radius 1 is 1.38 bits per heavy atom. The lowest BCUT2D eigenvalue weighted by Crippen LogP contribution is -2.27. The summed E-state index contributed by atoms with van der Waals surface area (Å²) in [5.74, 6) is 0.256. The lowest BCUT2D eigenvalue weighted by Gasteiger charge is -2.13. The van der Waals surface area contributed by atoms with E-state index in [1.54, 1.807) is 0 Å². The first-order valence-electron chi connectivity index (χ1n) is 9.37. The Labute approximate surface area is 155 Å². The molecule has 0 bridgehead atoms. The van der Waals surface area contributed by atoms with Gasteiger partial charge in [0.05, 0.1) is 11.6 Å². The SMILES string of the molecule is CC/C=C(/C=C(\NC)C1CC1)NC(=O)C(C)c1cn2cc(C)ccc2n1. The summed E-state index contributed by atoms with van der Waals surface area (Å²) in [5, 5.41) is 6.34. The molecule has 5 heteroatoms. The summed E-state index contributed by atoms with van der Waals surface area (Å²) in [6.07, 6.45) is 11.4. The number of rotatable bonds is 7. The molecule has 5 nitrogen and oxygen atoms in total. The monoisotopic (exact) mass is 352 g/mol. The van der Waals surface area contributed by atoms with Crippen molar-refractivity contribution < 1.29 is 4.79 Å². The molecule has 2 N–H and O–H groups in total. The summed E-state index contributed by atoms with van der Waals surface area (Å²) in [5.41, 5.74) is 4.86. The number of hydrogen-bond acceptors (Lipinski definition) is 3. The number of hydrogen-bond donors (Lipinski definition) is 2. The van der Waals surface area contributed by atoms with Crippen LogP contribution >= 0.6 is 0 Å². The molecule has 2 aromatic heterocycles. The van der Waals surface area contributed by atoms with Gasteiger partial charge in [-0.15, -0.1) is 0 Å². The van der Waals surface area contributed by atoms with Gasteiger partial charge in [0.15, 0.2) is 0 Å². The van der Waals surface area contributed by atoms with E-state index in [2.05, 4.69) is 34.7 Å². The van der Waals surface area contributed by atoms with Gasteiger partial charge < -0.3 is 15.0 Å². The van der Waals surface area contributed by atoms with Crippen molar-refractivity contribution in [2.45, 2.75) is 46.0 Å². The highest BCUT2D eigenvalue weighted by Gasteiger charge is 2.26. The summed E-state index contributed by atoms with van der Waals surface area (Å²) in [7, 11) is 1.94. The highest BCUT2D eigenvalue weighted by molar-refractivity contribution is 5.84. The van der Waals surface area contributed by atoms with E-state index in [0.717, 1.165) is 29.0 Å². The molecule has 1 fully saturated rings. The van der Waals surface area contributed by atoms with E-state index < -0.39 is 0 Å². The van der Waals surface area contributed by atoms with Gasteiger partial charge in [-0.05, 0) is 56.7 Å². The number of carbonyl (C=O) groups excluding carboxylic acids is 1. The van der Waals surface area contributed by atoms with Crippen LogP contribution in [0, 0.1) is 12.8 Å². The van der Waals surface area contributed by atoms with E-state index in [0.29, 0.717) is 5.92 Å². The van der Waals surface area contributed by atoms with E-state index >= 15 is 0 Å². The zero-order valence-electron chi connectivity index (χ0n) is 16.0. The van der Waals surface area contributed by atoms with Crippen molar-refractivity contribution in [1.82, 2.24) is 20.0 Å². The smallest absolute Gasteiger partial charge is 0.233 e. The molecule has 0 aliphatic heterocycles. The molecule has 1 aliphatic rings. The Morgan fingerprint density at radius 2 is 2.15 bits per heavy atom. The second-order valence-corrected chi connectivity index (χ2v) is 7.04. The highest BCUT2D eigenvalue weighted by atomic mass is 16.1. The number of aromatic nitrogens is 2. The summed E-state index contributed by atoms with van der Waals surface area (Å²) in [4.78, 5) is 17.4. The maximum atomic E-state index is 12.8. The van der Waals surface area contributed by atoms with E-state index in [1.807, 2.05) is 49.8 Å². The van der Waals surface area contributed by atoms with Gasteiger partial charge in [-0.25, -0.2) is 4.98 Å². The molecule has 2 heterocycles. The number of fused-ring (bicyclic) bond motifs is 1. The number of nitrogens with zero attached hydrogens (tertiary/aromatic N) is 2. The van der Waals surface area contributed by atoms with Crippen molar-refractivity contribution in [3.63, 3.8) is 0 Å². The Bertz CT molecular complexity index is 858. The molecule has 138 valence electrons. The van der Waals surface area contributed by atoms with Crippen molar-refractivity contribution in [2.24, 2.45) is 5.92 Å². The van der Waals surface area contributed by atoms with Crippen molar-refractivity contribution in [2.75, 3.05) is 7.05 Å². The van der Waals surface area contributed by atoms with Crippen LogP contribution in [0.4, 0.5) is 0 Å². The molecule has 3 rings (SSSR count). The van der Waals surface area contributed by atoms with Gasteiger partial charge in [0, 0.05) is 30.8 Å². The fourth-order valence-corrected chi connectivity index (χ4v) is 3.04. The number of imidazole rings is 1. The number of allylic oxidation sites excluding steroid dienone is 3. The predicted octanol–water partition coefficient (Wildman–Crippen LogP) is 3.67. The Morgan fingerprint density at radius 3 is 2.81 bits per heavy atom. The van der Waals surface area contributed by atoms with Gasteiger partial charge in [-0.1, -0.05) is 19.1 Å². The minimum Gasteiger partial charge on any atom is -0.391 e. The van der Waals surface area contributed by atoms with Crippen LogP contribution in [0.2, 0.25) is 0 Å². The van der Waals surface area contributed by atoms with Crippen molar-refractivity contribution in [3.8, 4) is 0 Å². The Balaban J connectivity index is 1.76. The number of amides is 1. The van der Waals surface area contributed by atoms with Gasteiger partial charge in [0.25, 0.3) is 0 Å². The lowest BCUT2D eigenvalue weighted by atomic mass is 10.1. The largest absolute Gasteiger partial charge is 0.391 e. The first-order chi connectivity index (χ1) is 12.5. The second-order valence-electron chi connectivity index (χ2n) is 7.04. The van der Waals surface area contributed by atoms with Crippen LogP contribution in [-0.2, 0) is 4.79 Å². The molecule has 1 aliphatic carbocycles. The van der Waals surface area contributed by atoms with E-state index in [9.17, 15) is 4.79 Å². The van der Waals surface area contributed by atoms with Crippen LogP contribution in [0.1, 0.15) is 50.3 Å². The van der Waals surface area contributed by atoms with Crippen molar-refractivity contribution in [1.29, 1.82) is 0 Å². The Kier molecular flexibility index (Phi) is 5.45. The number of pyridine rings is 1. The molecule has 0 radical (unpaired) electrons. The van der Waals surface area contributed by atoms with Gasteiger partial charge in [-0.2, -0.15) is 0 Å². The molecule has 2 aromatic rings. The molecular formula is C21H28N4O. The minimum absolute atomic E-state index is 0.0349. The van der Waals surface area contributed by atoms with Crippen LogP contribution in [0.5, 0.6) is 0 Å². The third kappa shape index (κ3) is 4.15. The maximum absolute atomic E-state index is 12.8. The van der Waals surface area contributed by atoms with Gasteiger partial charge in [-0.3, -0.25) is 4.79 Å². The van der Waals surface area contributed by atoms with Crippen LogP contribution in [-0.4, -0.2) is 22.3 Å². The lowest BCUT2D eigenvalue weighted by molar-refractivity contribution is -0.121. The van der Waals surface area contributed by atoms with Crippen LogP contribution in [0.3, 0.4) is 0 Å². The zero-order chi connectivity index (χ0) is 18.7. The molecule has 1 saturated carbocycles. The van der Waals surface area contributed by atoms with Crippen LogP contribution in [0.15, 0.2) is 48.1 Å². The summed E-state index contributed by atoms with van der Waals surface area (Å²) < 4.78 is 1.98. The fourth-order valence-electron chi connectivity index (χ4n) is 3.04. The Hall–Kier alpha value is -2.56. The molecule has 0 saturated heterocycles. The third-order valence-corrected chi connectivity index (χ3v) is 4.76. The van der Waals surface area contributed by atoms with Gasteiger partial charge >= 0.3 is 0 Å². The number of aryl methyl sites for hydroxylation is 1. The number of nitrogens with one attached hydrogen (secondary N) is 2. The van der Waals surface area contributed by atoms with Crippen LogP contribution in [0.25, 0.3) is 5.65 Å². The third-order valence-electron chi connectivity index (χ3n) is 4.76. The van der Waals surface area contributed by atoms with Gasteiger partial charge in [0.2, 0.25) is 5.91 Å². The highest BCUT2D eigenvalue weighted by Crippen LogP contribution is 2.35. The molecule has 0 spiro atoms. The average Bonchev–Trinajstić information content (AvgIpc) is 3.37. The first kappa shape index (κ1) is 18.2. The average molecular weight is 352 g/mol. The van der Waals surface area contributed by atoms with Gasteiger partial charge in [0.1, 0.15) is 5.65 Å². The summed E-state index contributed by atoms with van der Waals surface area (Å²) >= 11 is 0. The molecule has 1 atom stereocenters. The van der Waals surface area contributed by atoms with E-state index in [4.69, 9.17) is 0 Å². The first-order valence-corrected chi connectivity index (χ1v) is 9.37. The fraction of sp³-hybridized carbons (Fsp3) is 0.429. The molecule has 1 unspecified atom stereocenters. The van der Waals surface area contributed by atoms with Crippen molar-refractivity contribution >= 4 is 11.6 Å². The van der Waals surface area contributed by atoms with E-state index in [-0.39, 0.29) is 11.8 Å². The zero-order valence-corrected chi connectivity index (χ0v) is 16.0. The predicted molar refractivity (Wildman–Crippen MR) is 105 cm³/mol. The molecular weight excluding hydrogens is 324 g/mol. The minimum atomic E-state index is -0.317. The quantitative estimate of drug-likeness (QED) is 0.748. The maximum Gasteiger partial charge on any atom is 0.233 e. The number of carbonyl (C=O) groups is 1. The van der Waals surface area contributed by atoms with E-state index in [1.165, 1.54) is 18.5 Å².